The molecule has 0 saturated heterocycles. The van der Waals surface area contributed by atoms with Crippen molar-refractivity contribution in [3.8, 4) is 0 Å². The Hall–Kier alpha value is -1.86. The Labute approximate surface area is 165 Å². The van der Waals surface area contributed by atoms with Crippen LogP contribution in [0.15, 0.2) is 22.8 Å². The second-order valence-electron chi connectivity index (χ2n) is 6.29. The van der Waals surface area contributed by atoms with Crippen molar-refractivity contribution in [2.24, 2.45) is 0 Å². The van der Waals surface area contributed by atoms with Gasteiger partial charge < -0.3 is 15.4 Å². The van der Waals surface area contributed by atoms with Gasteiger partial charge >= 0.3 is 5.97 Å². The summed E-state index contributed by atoms with van der Waals surface area (Å²) in [5.41, 5.74) is 2.03. The van der Waals surface area contributed by atoms with Crippen LogP contribution in [-0.4, -0.2) is 29.1 Å². The summed E-state index contributed by atoms with van der Waals surface area (Å²) in [6.45, 7) is 1.90. The minimum absolute atomic E-state index is 0.399. The molecular weight excluding hydrogens is 420 g/mol. The van der Waals surface area contributed by atoms with E-state index in [-0.39, 0.29) is 0 Å². The van der Waals surface area contributed by atoms with Crippen molar-refractivity contribution in [1.82, 2.24) is 9.97 Å². The molecule has 0 aliphatic heterocycles. The molecule has 2 N–H and O–H groups in total. The third kappa shape index (κ3) is 4.27. The highest BCUT2D eigenvalue weighted by atomic mass is 79.9. The summed E-state index contributed by atoms with van der Waals surface area (Å²) in [5, 5.41) is 7.01. The summed E-state index contributed by atoms with van der Waals surface area (Å²) in [7, 11) is 1.35. The number of aromatic nitrogens is 2. The van der Waals surface area contributed by atoms with Gasteiger partial charge in [0.1, 0.15) is 5.02 Å². The van der Waals surface area contributed by atoms with Crippen molar-refractivity contribution in [3.05, 3.63) is 39.0 Å². The second kappa shape index (κ2) is 8.22. The number of nitrogens with one attached hydrogen (secondary N) is 2. The number of hydrogen-bond acceptors (Lipinski definition) is 6. The van der Waals surface area contributed by atoms with Gasteiger partial charge in [0, 0.05) is 16.2 Å². The molecule has 0 spiro atoms. The number of carbonyl (C=O) groups is 1. The van der Waals surface area contributed by atoms with Gasteiger partial charge in [-0.3, -0.25) is 0 Å². The van der Waals surface area contributed by atoms with Crippen LogP contribution in [0.3, 0.4) is 0 Å². The largest absolute Gasteiger partial charge is 0.465 e. The summed E-state index contributed by atoms with van der Waals surface area (Å²) in [5.74, 6) is 0.620. The molecule has 6 nitrogen and oxygen atoms in total. The molecule has 0 radical (unpaired) electrons. The molecule has 1 aromatic carbocycles. The first-order chi connectivity index (χ1) is 12.5. The maximum atomic E-state index is 11.9. The highest BCUT2D eigenvalue weighted by Crippen LogP contribution is 2.29. The van der Waals surface area contributed by atoms with Crippen molar-refractivity contribution in [2.75, 3.05) is 17.7 Å². The molecule has 1 aliphatic carbocycles. The third-order valence-electron chi connectivity index (χ3n) is 4.36. The number of nitrogens with zero attached hydrogens (tertiary/aromatic N) is 2. The summed E-state index contributed by atoms with van der Waals surface area (Å²) < 4.78 is 5.54. The van der Waals surface area contributed by atoms with Crippen LogP contribution in [0.2, 0.25) is 5.02 Å². The van der Waals surface area contributed by atoms with Gasteiger partial charge in [0.25, 0.3) is 0 Å². The third-order valence-corrected chi connectivity index (χ3v) is 5.69. The average molecular weight is 440 g/mol. The van der Waals surface area contributed by atoms with Crippen molar-refractivity contribution < 1.29 is 9.53 Å². The topological polar surface area (TPSA) is 76.1 Å². The van der Waals surface area contributed by atoms with Crippen molar-refractivity contribution in [2.45, 2.75) is 38.6 Å². The number of halogens is 2. The number of anilines is 3. The van der Waals surface area contributed by atoms with E-state index in [9.17, 15) is 4.79 Å². The van der Waals surface area contributed by atoms with E-state index in [2.05, 4.69) is 36.5 Å². The lowest BCUT2D eigenvalue weighted by Gasteiger charge is -2.15. The number of carbonyl (C=O) groups excluding carboxylic acids is 1. The minimum atomic E-state index is -0.413. The molecule has 1 heterocycles. The van der Waals surface area contributed by atoms with E-state index in [1.54, 1.807) is 12.3 Å². The standard InChI is InChI=1S/C18H20BrClN4O2/c1-10-7-12(8-13(15(10)19)17(25)26-2)23-18-21-9-14(20)16(24-18)22-11-5-3-4-6-11/h7-9,11H,3-6H2,1-2H3,(H2,21,22,23,24). The first-order valence-electron chi connectivity index (χ1n) is 8.42. The molecule has 3 rings (SSSR count). The average Bonchev–Trinajstić information content (AvgIpc) is 3.13. The maximum Gasteiger partial charge on any atom is 0.339 e. The molecule has 1 aromatic heterocycles. The van der Waals surface area contributed by atoms with Crippen LogP contribution in [0.5, 0.6) is 0 Å². The lowest BCUT2D eigenvalue weighted by Crippen LogP contribution is -2.16. The van der Waals surface area contributed by atoms with Gasteiger partial charge in [-0.1, -0.05) is 24.4 Å². The normalized spacial score (nSPS) is 14.3. The summed E-state index contributed by atoms with van der Waals surface area (Å²) >= 11 is 9.65. The highest BCUT2D eigenvalue weighted by molar-refractivity contribution is 9.10. The van der Waals surface area contributed by atoms with E-state index in [0.717, 1.165) is 18.4 Å². The predicted octanol–water partition coefficient (Wildman–Crippen LogP) is 5.09. The molecule has 0 amide bonds. The first kappa shape index (κ1) is 18.9. The Kier molecular flexibility index (Phi) is 5.98. The van der Waals surface area contributed by atoms with Crippen LogP contribution < -0.4 is 10.6 Å². The number of benzene rings is 1. The zero-order valence-corrected chi connectivity index (χ0v) is 16.9. The van der Waals surface area contributed by atoms with Gasteiger partial charge in [-0.2, -0.15) is 4.98 Å². The van der Waals surface area contributed by atoms with E-state index in [0.29, 0.717) is 38.6 Å². The Balaban J connectivity index is 1.84. The van der Waals surface area contributed by atoms with Crippen LogP contribution in [0.1, 0.15) is 41.6 Å². The van der Waals surface area contributed by atoms with Gasteiger partial charge in [-0.05, 0) is 53.4 Å². The molecule has 0 atom stereocenters. The molecule has 0 bridgehead atoms. The molecule has 1 saturated carbocycles. The molecular formula is C18H20BrClN4O2. The van der Waals surface area contributed by atoms with E-state index in [1.807, 2.05) is 13.0 Å². The van der Waals surface area contributed by atoms with Gasteiger partial charge in [-0.25, -0.2) is 9.78 Å². The number of rotatable bonds is 5. The van der Waals surface area contributed by atoms with E-state index >= 15 is 0 Å². The number of hydrogen-bond donors (Lipinski definition) is 2. The van der Waals surface area contributed by atoms with E-state index in [1.165, 1.54) is 20.0 Å². The van der Waals surface area contributed by atoms with Gasteiger partial charge in [0.2, 0.25) is 5.95 Å². The predicted molar refractivity (Wildman–Crippen MR) is 106 cm³/mol. The highest BCUT2D eigenvalue weighted by Gasteiger charge is 2.18. The summed E-state index contributed by atoms with van der Waals surface area (Å²) in [4.78, 5) is 20.7. The zero-order valence-electron chi connectivity index (χ0n) is 14.6. The number of methoxy groups -OCH3 is 1. The monoisotopic (exact) mass is 438 g/mol. The van der Waals surface area contributed by atoms with E-state index < -0.39 is 5.97 Å². The fraction of sp³-hybridized carbons (Fsp3) is 0.389. The van der Waals surface area contributed by atoms with Crippen molar-refractivity contribution in [1.29, 1.82) is 0 Å². The van der Waals surface area contributed by atoms with Gasteiger partial charge in [0.05, 0.1) is 18.9 Å². The molecule has 0 unspecified atom stereocenters. The fourth-order valence-electron chi connectivity index (χ4n) is 3.02. The van der Waals surface area contributed by atoms with Crippen LogP contribution in [0, 0.1) is 6.92 Å². The first-order valence-corrected chi connectivity index (χ1v) is 9.59. The molecule has 1 aliphatic rings. The van der Waals surface area contributed by atoms with Crippen molar-refractivity contribution >= 4 is 51.0 Å². The number of ether oxygens (including phenoxy) is 1. The molecule has 26 heavy (non-hydrogen) atoms. The molecule has 138 valence electrons. The van der Waals surface area contributed by atoms with Crippen LogP contribution in [0.25, 0.3) is 0 Å². The second-order valence-corrected chi connectivity index (χ2v) is 7.49. The Morgan fingerprint density at radius 3 is 2.77 bits per heavy atom. The van der Waals surface area contributed by atoms with Crippen LogP contribution >= 0.6 is 27.5 Å². The van der Waals surface area contributed by atoms with Crippen LogP contribution in [0.4, 0.5) is 17.5 Å². The lowest BCUT2D eigenvalue weighted by atomic mass is 10.1. The van der Waals surface area contributed by atoms with Gasteiger partial charge in [0.15, 0.2) is 5.82 Å². The number of aryl methyl sites for hydroxylation is 1. The van der Waals surface area contributed by atoms with Gasteiger partial charge in [-0.15, -0.1) is 0 Å². The summed E-state index contributed by atoms with van der Waals surface area (Å²) in [6, 6.07) is 4.00. The summed E-state index contributed by atoms with van der Waals surface area (Å²) in [6.07, 6.45) is 6.26. The van der Waals surface area contributed by atoms with E-state index in [4.69, 9.17) is 16.3 Å². The minimum Gasteiger partial charge on any atom is -0.465 e. The smallest absolute Gasteiger partial charge is 0.339 e. The Morgan fingerprint density at radius 2 is 2.08 bits per heavy atom. The van der Waals surface area contributed by atoms with Crippen LogP contribution in [-0.2, 0) is 4.74 Å². The SMILES string of the molecule is COC(=O)c1cc(Nc2ncc(Cl)c(NC3CCCC3)n2)cc(C)c1Br. The quantitative estimate of drug-likeness (QED) is 0.632. The molecule has 2 aromatic rings. The molecule has 8 heteroatoms. The lowest BCUT2D eigenvalue weighted by molar-refractivity contribution is 0.0599. The van der Waals surface area contributed by atoms with Crippen molar-refractivity contribution in [3.63, 3.8) is 0 Å². The molecule has 1 fully saturated rings. The number of esters is 1. The zero-order chi connectivity index (χ0) is 18.7. The Bertz CT molecular complexity index is 825. The fourth-order valence-corrected chi connectivity index (χ4v) is 3.56. The maximum absolute atomic E-state index is 11.9. The Morgan fingerprint density at radius 1 is 1.35 bits per heavy atom.